The van der Waals surface area contributed by atoms with Gasteiger partial charge in [-0.2, -0.15) is 13.2 Å². The molecule has 0 spiro atoms. The molecule has 0 unspecified atom stereocenters. The van der Waals surface area contributed by atoms with Crippen LogP contribution >= 0.6 is 0 Å². The summed E-state index contributed by atoms with van der Waals surface area (Å²) in [6.07, 6.45) is -4.63. The van der Waals surface area contributed by atoms with Gasteiger partial charge >= 0.3 is 6.18 Å². The number of amidine groups is 1. The van der Waals surface area contributed by atoms with Crippen LogP contribution in [0.4, 0.5) is 17.6 Å². The SMILES string of the molecule is CNCCN(CCNC)C(=O)C[C@H](NC)C(=O)N[C@@H](CCc1ccccc1)C(=O)NC(=N)c1cc(F)cc(C(F)(F)F)c1. The molecule has 2 atom stereocenters. The van der Waals surface area contributed by atoms with Gasteiger partial charge in [-0.25, -0.2) is 4.39 Å². The number of hydrogen-bond donors (Lipinski definition) is 6. The summed E-state index contributed by atoms with van der Waals surface area (Å²) in [5.41, 5.74) is -0.944. The number of aryl methyl sites for hydroxylation is 1. The van der Waals surface area contributed by atoms with Gasteiger partial charge in [0.2, 0.25) is 17.7 Å². The van der Waals surface area contributed by atoms with Crippen molar-refractivity contribution in [1.29, 1.82) is 5.41 Å². The van der Waals surface area contributed by atoms with Gasteiger partial charge in [0.1, 0.15) is 17.7 Å². The fraction of sp³-hybridized carbons (Fsp3) is 0.448. The smallest absolute Gasteiger partial charge is 0.343 e. The Morgan fingerprint density at radius 1 is 0.907 bits per heavy atom. The standard InChI is InChI=1S/C29H39F4N7O3/c1-35-11-13-40(14-12-36-2)25(41)18-24(37-3)28(43)38-23(10-9-19-7-5-4-6-8-19)27(42)39-26(34)20-15-21(29(31,32)33)17-22(30)16-20/h4-8,15-17,23-24,35-37H,9-14,18H2,1-3H3,(H,38,43)(H2,34,39,42)/t23-,24-/m0/s1. The van der Waals surface area contributed by atoms with E-state index in [0.29, 0.717) is 50.8 Å². The first-order valence-electron chi connectivity index (χ1n) is 13.8. The third-order valence-electron chi connectivity index (χ3n) is 6.62. The zero-order chi connectivity index (χ0) is 32.0. The average Bonchev–Trinajstić information content (AvgIpc) is 2.97. The molecule has 236 valence electrons. The number of carbonyl (C=O) groups excluding carboxylic acids is 3. The molecule has 3 amide bonds. The molecule has 0 radical (unpaired) electrons. The summed E-state index contributed by atoms with van der Waals surface area (Å²) in [7, 11) is 5.02. The molecule has 0 bridgehead atoms. The normalized spacial score (nSPS) is 12.7. The first kappa shape index (κ1) is 35.3. The minimum atomic E-state index is -4.86. The Balaban J connectivity index is 2.21. The van der Waals surface area contributed by atoms with E-state index < -0.39 is 52.9 Å². The number of nitrogens with one attached hydrogen (secondary N) is 6. The molecule has 0 aliphatic carbocycles. The maximum absolute atomic E-state index is 13.9. The van der Waals surface area contributed by atoms with Crippen molar-refractivity contribution in [2.45, 2.75) is 37.5 Å². The quantitative estimate of drug-likeness (QED) is 0.0973. The van der Waals surface area contributed by atoms with E-state index in [4.69, 9.17) is 5.41 Å². The highest BCUT2D eigenvalue weighted by Gasteiger charge is 2.32. The summed E-state index contributed by atoms with van der Waals surface area (Å²) in [6, 6.07) is 8.40. The Bertz CT molecular complexity index is 1220. The third-order valence-corrected chi connectivity index (χ3v) is 6.62. The summed E-state index contributed by atoms with van der Waals surface area (Å²) >= 11 is 0. The molecule has 6 N–H and O–H groups in total. The number of likely N-dealkylation sites (N-methyl/N-ethyl adjacent to an activating group) is 3. The lowest BCUT2D eigenvalue weighted by Gasteiger charge is -2.26. The molecule has 43 heavy (non-hydrogen) atoms. The number of carbonyl (C=O) groups is 3. The molecule has 0 saturated heterocycles. The molecule has 0 aromatic heterocycles. The van der Waals surface area contributed by atoms with E-state index in [1.54, 1.807) is 31.1 Å². The highest BCUT2D eigenvalue weighted by molar-refractivity contribution is 6.08. The molecule has 0 fully saturated rings. The van der Waals surface area contributed by atoms with Crippen molar-refractivity contribution in [3.63, 3.8) is 0 Å². The first-order valence-corrected chi connectivity index (χ1v) is 13.8. The predicted molar refractivity (Wildman–Crippen MR) is 155 cm³/mol. The second kappa shape index (κ2) is 17.3. The summed E-state index contributed by atoms with van der Waals surface area (Å²) in [6.45, 7) is 1.95. The number of benzene rings is 2. The van der Waals surface area contributed by atoms with Crippen molar-refractivity contribution >= 4 is 23.6 Å². The van der Waals surface area contributed by atoms with Crippen LogP contribution in [0.1, 0.15) is 29.5 Å². The Labute approximate surface area is 248 Å². The minimum absolute atomic E-state index is 0.0761. The van der Waals surface area contributed by atoms with Crippen LogP contribution < -0.4 is 26.6 Å². The van der Waals surface area contributed by atoms with E-state index >= 15 is 0 Å². The molecule has 0 aliphatic heterocycles. The Morgan fingerprint density at radius 2 is 1.53 bits per heavy atom. The van der Waals surface area contributed by atoms with Crippen LogP contribution in [0.3, 0.4) is 0 Å². The van der Waals surface area contributed by atoms with E-state index in [2.05, 4.69) is 26.6 Å². The van der Waals surface area contributed by atoms with E-state index in [9.17, 15) is 31.9 Å². The van der Waals surface area contributed by atoms with Gasteiger partial charge in [0, 0.05) is 31.7 Å². The third kappa shape index (κ3) is 11.7. The summed E-state index contributed by atoms with van der Waals surface area (Å²) in [5, 5.41) is 21.7. The maximum atomic E-state index is 13.9. The maximum Gasteiger partial charge on any atom is 0.416 e. The number of amides is 3. The van der Waals surface area contributed by atoms with Crippen molar-refractivity contribution in [2.24, 2.45) is 0 Å². The number of hydrogen-bond acceptors (Lipinski definition) is 7. The Kier molecular flexibility index (Phi) is 14.2. The van der Waals surface area contributed by atoms with Crippen LogP contribution in [0.15, 0.2) is 48.5 Å². The van der Waals surface area contributed by atoms with Gasteiger partial charge in [-0.15, -0.1) is 0 Å². The highest BCUT2D eigenvalue weighted by atomic mass is 19.4. The fourth-order valence-electron chi connectivity index (χ4n) is 4.16. The predicted octanol–water partition coefficient (Wildman–Crippen LogP) is 1.65. The van der Waals surface area contributed by atoms with Gasteiger partial charge in [-0.05, 0) is 57.7 Å². The van der Waals surface area contributed by atoms with Crippen molar-refractivity contribution < 1.29 is 31.9 Å². The second-order valence-electron chi connectivity index (χ2n) is 9.81. The summed E-state index contributed by atoms with van der Waals surface area (Å²) in [5.74, 6) is -3.80. The van der Waals surface area contributed by atoms with Crippen LogP contribution in [0.2, 0.25) is 0 Å². The molecular formula is C29H39F4N7O3. The zero-order valence-corrected chi connectivity index (χ0v) is 24.4. The molecule has 10 nitrogen and oxygen atoms in total. The molecule has 2 aromatic carbocycles. The van der Waals surface area contributed by atoms with Gasteiger partial charge in [-0.1, -0.05) is 30.3 Å². The molecule has 2 aromatic rings. The number of rotatable bonds is 16. The Hall–Kier alpha value is -3.88. The lowest BCUT2D eigenvalue weighted by molar-refractivity contribution is -0.137. The van der Waals surface area contributed by atoms with Crippen molar-refractivity contribution in [2.75, 3.05) is 47.3 Å². The van der Waals surface area contributed by atoms with Crippen molar-refractivity contribution in [3.8, 4) is 0 Å². The molecule has 0 heterocycles. The van der Waals surface area contributed by atoms with Crippen LogP contribution in [0, 0.1) is 11.2 Å². The lowest BCUT2D eigenvalue weighted by atomic mass is 10.0. The van der Waals surface area contributed by atoms with Crippen LogP contribution in [0.25, 0.3) is 0 Å². The minimum Gasteiger partial charge on any atom is -0.343 e. The largest absolute Gasteiger partial charge is 0.416 e. The number of alkyl halides is 3. The van der Waals surface area contributed by atoms with Crippen molar-refractivity contribution in [1.82, 2.24) is 31.5 Å². The van der Waals surface area contributed by atoms with E-state index in [-0.39, 0.29) is 18.7 Å². The molecule has 0 saturated carbocycles. The first-order chi connectivity index (χ1) is 20.4. The molecule has 0 aliphatic rings. The Morgan fingerprint density at radius 3 is 2.09 bits per heavy atom. The second-order valence-corrected chi connectivity index (χ2v) is 9.81. The van der Waals surface area contributed by atoms with Crippen molar-refractivity contribution in [3.05, 3.63) is 71.0 Å². The van der Waals surface area contributed by atoms with E-state index in [1.165, 1.54) is 7.05 Å². The van der Waals surface area contributed by atoms with E-state index in [1.807, 2.05) is 18.2 Å². The highest BCUT2D eigenvalue weighted by Crippen LogP contribution is 2.30. The topological polar surface area (TPSA) is 138 Å². The molecule has 14 heteroatoms. The van der Waals surface area contributed by atoms with Gasteiger partial charge in [0.25, 0.3) is 0 Å². The monoisotopic (exact) mass is 609 g/mol. The van der Waals surface area contributed by atoms with Crippen LogP contribution in [-0.2, 0) is 27.0 Å². The average molecular weight is 610 g/mol. The molecule has 2 rings (SSSR count). The van der Waals surface area contributed by atoms with Gasteiger partial charge < -0.3 is 31.5 Å². The zero-order valence-electron chi connectivity index (χ0n) is 24.4. The van der Waals surface area contributed by atoms with Gasteiger partial charge in [-0.3, -0.25) is 19.8 Å². The fourth-order valence-corrected chi connectivity index (χ4v) is 4.16. The lowest BCUT2D eigenvalue weighted by Crippen LogP contribution is -2.54. The van der Waals surface area contributed by atoms with E-state index in [0.717, 1.165) is 5.56 Å². The molecular weight excluding hydrogens is 570 g/mol. The summed E-state index contributed by atoms with van der Waals surface area (Å²) in [4.78, 5) is 41.1. The van der Waals surface area contributed by atoms with Gasteiger partial charge in [0.05, 0.1) is 18.0 Å². The number of halogens is 4. The van der Waals surface area contributed by atoms with Crippen LogP contribution in [-0.4, -0.2) is 87.9 Å². The van der Waals surface area contributed by atoms with Gasteiger partial charge in [0.15, 0.2) is 0 Å². The summed E-state index contributed by atoms with van der Waals surface area (Å²) < 4.78 is 53.4. The number of nitrogens with zero attached hydrogens (tertiary/aromatic N) is 1. The van der Waals surface area contributed by atoms with Crippen LogP contribution in [0.5, 0.6) is 0 Å².